The predicted octanol–water partition coefficient (Wildman–Crippen LogP) is 4.82. The van der Waals surface area contributed by atoms with Crippen molar-refractivity contribution in [2.75, 3.05) is 0 Å². The molecule has 0 aromatic carbocycles. The van der Waals surface area contributed by atoms with E-state index < -0.39 is 0 Å². The minimum Gasteiger partial charge on any atom is -0.454 e. The first kappa shape index (κ1) is 15.2. The summed E-state index contributed by atoms with van der Waals surface area (Å²) in [5.74, 6) is 2.06. The Hall–Kier alpha value is -1.31. The maximum atomic E-state index is 11.2. The fraction of sp³-hybridized carbons (Fsp3) is 0.667. The smallest absolute Gasteiger partial charge is 0.303 e. The Balaban J connectivity index is 1.67. The Morgan fingerprint density at radius 3 is 2.78 bits per heavy atom. The molecule has 0 bridgehead atoms. The van der Waals surface area contributed by atoms with E-state index in [4.69, 9.17) is 4.74 Å². The van der Waals surface area contributed by atoms with Crippen LogP contribution in [-0.4, -0.2) is 12.1 Å². The first-order valence-corrected chi connectivity index (χ1v) is 9.19. The van der Waals surface area contributed by atoms with Gasteiger partial charge in [0.2, 0.25) is 0 Å². The monoisotopic (exact) mass is 312 g/mol. The van der Waals surface area contributed by atoms with E-state index in [0.29, 0.717) is 17.3 Å². The maximum Gasteiger partial charge on any atom is 0.303 e. The van der Waals surface area contributed by atoms with E-state index in [0.717, 1.165) is 5.92 Å². The minimum atomic E-state index is -0.211. The van der Waals surface area contributed by atoms with Crippen LogP contribution in [-0.2, 0) is 9.53 Å². The van der Waals surface area contributed by atoms with Gasteiger partial charge in [-0.05, 0) is 66.6 Å². The van der Waals surface area contributed by atoms with Crippen LogP contribution in [0.4, 0.5) is 0 Å². The minimum absolute atomic E-state index is 0.111. The molecule has 2 fully saturated rings. The van der Waals surface area contributed by atoms with Crippen LogP contribution in [0.2, 0.25) is 0 Å². The largest absolute Gasteiger partial charge is 0.454 e. The Labute approximate surface area is 139 Å². The van der Waals surface area contributed by atoms with Crippen molar-refractivity contribution >= 4 is 5.97 Å². The number of hydrogen-bond donors (Lipinski definition) is 0. The van der Waals surface area contributed by atoms with Crippen LogP contribution in [0.5, 0.6) is 0 Å². The van der Waals surface area contributed by atoms with Crippen LogP contribution in [0.3, 0.4) is 0 Å². The third-order valence-corrected chi connectivity index (χ3v) is 7.28. The van der Waals surface area contributed by atoms with Crippen LogP contribution in [0.25, 0.3) is 0 Å². The van der Waals surface area contributed by atoms with Gasteiger partial charge in [0, 0.05) is 12.3 Å². The third kappa shape index (κ3) is 2.25. The van der Waals surface area contributed by atoms with Crippen molar-refractivity contribution in [3.63, 3.8) is 0 Å². The van der Waals surface area contributed by atoms with Crippen molar-refractivity contribution in [2.45, 2.75) is 59.0 Å². The van der Waals surface area contributed by atoms with Gasteiger partial charge in [-0.15, -0.1) is 0 Å². The highest BCUT2D eigenvalue weighted by Gasteiger charge is 2.54. The molecule has 0 N–H and O–H groups in total. The standard InChI is InChI=1S/C21H28O2/c1-14(22)23-16-8-12-21(3)15(13-16)6-7-17-18-5-4-10-20(18,2)11-9-19(17)21/h6-8,12-13,16-19H,4-5,9-11H2,1-3H3/t16?,17-,18-,19-,20-,21-/m0/s1. The van der Waals surface area contributed by atoms with Crippen molar-refractivity contribution in [1.82, 2.24) is 0 Å². The Kier molecular flexibility index (Phi) is 3.37. The summed E-state index contributed by atoms with van der Waals surface area (Å²) in [6, 6.07) is 0. The van der Waals surface area contributed by atoms with E-state index in [9.17, 15) is 4.79 Å². The van der Waals surface area contributed by atoms with Crippen LogP contribution in [0.15, 0.2) is 36.0 Å². The van der Waals surface area contributed by atoms with Crippen LogP contribution in [0, 0.1) is 28.6 Å². The summed E-state index contributed by atoms with van der Waals surface area (Å²) in [6.45, 7) is 6.39. The molecule has 1 unspecified atom stereocenters. The molecular formula is C21H28O2. The summed E-state index contributed by atoms with van der Waals surface area (Å²) in [4.78, 5) is 11.2. The molecule has 0 amide bonds. The molecule has 4 aliphatic rings. The van der Waals surface area contributed by atoms with Gasteiger partial charge in [-0.2, -0.15) is 0 Å². The van der Waals surface area contributed by atoms with Crippen molar-refractivity contribution in [3.8, 4) is 0 Å². The second-order valence-electron chi connectivity index (χ2n) is 8.57. The number of carbonyl (C=O) groups is 1. The normalized spacial score (nSPS) is 47.3. The molecule has 2 nitrogen and oxygen atoms in total. The zero-order chi connectivity index (χ0) is 16.2. The maximum absolute atomic E-state index is 11.2. The van der Waals surface area contributed by atoms with Crippen LogP contribution < -0.4 is 0 Å². The number of carbonyl (C=O) groups excluding carboxylic acids is 1. The fourth-order valence-corrected chi connectivity index (χ4v) is 6.01. The number of allylic oxidation sites excluding steroid dienone is 4. The highest BCUT2D eigenvalue weighted by molar-refractivity contribution is 5.66. The summed E-state index contributed by atoms with van der Waals surface area (Å²) in [6.07, 6.45) is 18.1. The summed E-state index contributed by atoms with van der Waals surface area (Å²) >= 11 is 0. The van der Waals surface area contributed by atoms with E-state index in [-0.39, 0.29) is 17.5 Å². The average Bonchev–Trinajstić information content (AvgIpc) is 2.89. The van der Waals surface area contributed by atoms with Gasteiger partial charge in [0.05, 0.1) is 0 Å². The second kappa shape index (κ2) is 5.09. The SMILES string of the molecule is CC(=O)OC1C=C[C@@]2(C)C(=C1)C=C[C@H]1[C@@H]3CCC[C@@]3(C)CC[C@@H]12. The van der Waals surface area contributed by atoms with Gasteiger partial charge >= 0.3 is 5.97 Å². The van der Waals surface area contributed by atoms with Crippen molar-refractivity contribution in [2.24, 2.45) is 28.6 Å². The van der Waals surface area contributed by atoms with Gasteiger partial charge in [0.25, 0.3) is 0 Å². The molecule has 4 rings (SSSR count). The summed E-state index contributed by atoms with van der Waals surface area (Å²) in [5, 5.41) is 0. The number of rotatable bonds is 1. The van der Waals surface area contributed by atoms with Gasteiger partial charge in [-0.1, -0.05) is 38.5 Å². The highest BCUT2D eigenvalue weighted by atomic mass is 16.5. The Bertz CT molecular complexity index is 613. The zero-order valence-corrected chi connectivity index (χ0v) is 14.5. The molecule has 2 heteroatoms. The lowest BCUT2D eigenvalue weighted by molar-refractivity contribution is -0.142. The first-order valence-electron chi connectivity index (χ1n) is 9.19. The predicted molar refractivity (Wildman–Crippen MR) is 91.7 cm³/mol. The molecule has 0 aromatic heterocycles. The van der Waals surface area contributed by atoms with E-state index in [2.05, 4.69) is 44.2 Å². The molecule has 4 aliphatic carbocycles. The number of hydrogen-bond acceptors (Lipinski definition) is 2. The molecule has 2 saturated carbocycles. The topological polar surface area (TPSA) is 26.3 Å². The van der Waals surface area contributed by atoms with Gasteiger partial charge in [0.15, 0.2) is 0 Å². The third-order valence-electron chi connectivity index (χ3n) is 7.28. The number of esters is 1. The van der Waals surface area contributed by atoms with E-state index in [1.165, 1.54) is 44.6 Å². The molecule has 23 heavy (non-hydrogen) atoms. The first-order chi connectivity index (χ1) is 10.9. The summed E-state index contributed by atoms with van der Waals surface area (Å²) in [5.41, 5.74) is 2.02. The average molecular weight is 312 g/mol. The van der Waals surface area contributed by atoms with Crippen molar-refractivity contribution < 1.29 is 9.53 Å². The Morgan fingerprint density at radius 2 is 2.00 bits per heavy atom. The van der Waals surface area contributed by atoms with Crippen molar-refractivity contribution in [3.05, 3.63) is 36.0 Å². The summed E-state index contributed by atoms with van der Waals surface area (Å²) < 4.78 is 5.37. The van der Waals surface area contributed by atoms with E-state index in [1.807, 2.05) is 0 Å². The molecule has 124 valence electrons. The van der Waals surface area contributed by atoms with Crippen LogP contribution >= 0.6 is 0 Å². The lowest BCUT2D eigenvalue weighted by Crippen LogP contribution is -2.46. The van der Waals surface area contributed by atoms with Gasteiger partial charge in [-0.3, -0.25) is 4.79 Å². The molecule has 0 heterocycles. The molecule has 0 aliphatic heterocycles. The van der Waals surface area contributed by atoms with Gasteiger partial charge in [-0.25, -0.2) is 0 Å². The molecule has 0 spiro atoms. The lowest BCUT2D eigenvalue weighted by Gasteiger charge is -2.54. The zero-order valence-electron chi connectivity index (χ0n) is 14.5. The number of fused-ring (bicyclic) bond motifs is 5. The lowest BCUT2D eigenvalue weighted by atomic mass is 9.50. The van der Waals surface area contributed by atoms with E-state index >= 15 is 0 Å². The fourth-order valence-electron chi connectivity index (χ4n) is 6.01. The molecule has 0 saturated heterocycles. The Morgan fingerprint density at radius 1 is 1.17 bits per heavy atom. The van der Waals surface area contributed by atoms with Crippen molar-refractivity contribution in [1.29, 1.82) is 0 Å². The quantitative estimate of drug-likeness (QED) is 0.512. The number of ether oxygens (including phenoxy) is 1. The van der Waals surface area contributed by atoms with Crippen LogP contribution in [0.1, 0.15) is 52.9 Å². The second-order valence-corrected chi connectivity index (χ2v) is 8.57. The molecule has 6 atom stereocenters. The molecule has 0 aromatic rings. The molecule has 0 radical (unpaired) electrons. The highest BCUT2D eigenvalue weighted by Crippen LogP contribution is 2.62. The van der Waals surface area contributed by atoms with E-state index in [1.54, 1.807) is 0 Å². The van der Waals surface area contributed by atoms with Gasteiger partial charge in [0.1, 0.15) is 6.10 Å². The molecular weight excluding hydrogens is 284 g/mol. The van der Waals surface area contributed by atoms with Gasteiger partial charge < -0.3 is 4.74 Å². The summed E-state index contributed by atoms with van der Waals surface area (Å²) in [7, 11) is 0.